The zero-order valence-corrected chi connectivity index (χ0v) is 3.89. The molecule has 0 aromatic rings. The van der Waals surface area contributed by atoms with Crippen LogP contribution in [0.1, 0.15) is 6.92 Å². The molecule has 0 amide bonds. The summed E-state index contributed by atoms with van der Waals surface area (Å²) in [5.74, 6) is 0.574. The Bertz CT molecular complexity index is 42.3. The van der Waals surface area contributed by atoms with Gasteiger partial charge in [-0.1, -0.05) is 6.92 Å². The van der Waals surface area contributed by atoms with Crippen molar-refractivity contribution in [1.82, 2.24) is 0 Å². The highest BCUT2D eigenvalue weighted by atomic mass is 14.9. The van der Waals surface area contributed by atoms with Crippen molar-refractivity contribution in [3.63, 3.8) is 0 Å². The van der Waals surface area contributed by atoms with Crippen molar-refractivity contribution in [1.29, 1.82) is 0 Å². The van der Waals surface area contributed by atoms with Crippen molar-refractivity contribution in [3.8, 4) is 0 Å². The highest BCUT2D eigenvalue weighted by molar-refractivity contribution is 5.01. The summed E-state index contributed by atoms with van der Waals surface area (Å²) in [6.45, 7) is 2.06. The molecule has 1 fully saturated rings. The van der Waals surface area contributed by atoms with E-state index in [0.29, 0.717) is 18.0 Å². The molecule has 0 aromatic carbocycles. The summed E-state index contributed by atoms with van der Waals surface area (Å²) in [4.78, 5) is 0. The van der Waals surface area contributed by atoms with Gasteiger partial charge in [-0.15, -0.1) is 0 Å². The van der Waals surface area contributed by atoms with E-state index in [4.69, 9.17) is 11.5 Å². The Labute approximate surface area is 37.5 Å². The Morgan fingerprint density at radius 3 is 1.33 bits per heavy atom. The first-order valence-electron chi connectivity index (χ1n) is 2.24. The number of hydrogen-bond donors (Lipinski definition) is 2. The standard InChI is InChI=1S/C4H10N2/c1-2-3(5)4(2)6/h2-4H,5-6H2,1H3. The summed E-state index contributed by atoms with van der Waals surface area (Å²) in [5.41, 5.74) is 10.8. The summed E-state index contributed by atoms with van der Waals surface area (Å²) < 4.78 is 0. The Kier molecular flexibility index (Phi) is 0.648. The monoisotopic (exact) mass is 86.1 g/mol. The molecule has 6 heavy (non-hydrogen) atoms. The first kappa shape index (κ1) is 4.09. The second kappa shape index (κ2) is 0.950. The lowest BCUT2D eigenvalue weighted by Gasteiger charge is -1.70. The maximum absolute atomic E-state index is 5.38. The van der Waals surface area contributed by atoms with E-state index in [2.05, 4.69) is 6.92 Å². The van der Waals surface area contributed by atoms with E-state index >= 15 is 0 Å². The molecular formula is C4H10N2. The molecule has 0 radical (unpaired) electrons. The SMILES string of the molecule is CC1C(N)C1N. The summed E-state index contributed by atoms with van der Waals surface area (Å²) >= 11 is 0. The molecule has 0 heterocycles. The summed E-state index contributed by atoms with van der Waals surface area (Å²) in [6, 6.07) is 0.593. The fourth-order valence-electron chi connectivity index (χ4n) is 0.526. The van der Waals surface area contributed by atoms with Crippen LogP contribution < -0.4 is 11.5 Å². The minimum Gasteiger partial charge on any atom is -0.326 e. The van der Waals surface area contributed by atoms with Crippen LogP contribution in [0.15, 0.2) is 0 Å². The van der Waals surface area contributed by atoms with Gasteiger partial charge in [-0.3, -0.25) is 0 Å². The van der Waals surface area contributed by atoms with E-state index in [1.807, 2.05) is 0 Å². The lowest BCUT2D eigenvalue weighted by atomic mass is 10.5. The third kappa shape index (κ3) is 0.340. The van der Waals surface area contributed by atoms with Crippen molar-refractivity contribution < 1.29 is 0 Å². The van der Waals surface area contributed by atoms with Crippen LogP contribution in [0.3, 0.4) is 0 Å². The predicted molar refractivity (Wildman–Crippen MR) is 25.1 cm³/mol. The van der Waals surface area contributed by atoms with Crippen molar-refractivity contribution in [2.24, 2.45) is 17.4 Å². The molecule has 1 rings (SSSR count). The van der Waals surface area contributed by atoms with E-state index in [1.54, 1.807) is 0 Å². The fraction of sp³-hybridized carbons (Fsp3) is 1.00. The fourth-order valence-corrected chi connectivity index (χ4v) is 0.526. The van der Waals surface area contributed by atoms with E-state index in [1.165, 1.54) is 0 Å². The lowest BCUT2D eigenvalue weighted by molar-refractivity contribution is 0.879. The largest absolute Gasteiger partial charge is 0.326 e. The smallest absolute Gasteiger partial charge is 0.0237 e. The van der Waals surface area contributed by atoms with Gasteiger partial charge < -0.3 is 11.5 Å². The molecule has 4 N–H and O–H groups in total. The average Bonchev–Trinajstić information content (AvgIpc) is 1.94. The van der Waals surface area contributed by atoms with Crippen LogP contribution in [-0.2, 0) is 0 Å². The van der Waals surface area contributed by atoms with E-state index in [9.17, 15) is 0 Å². The highest BCUT2D eigenvalue weighted by Crippen LogP contribution is 2.24. The van der Waals surface area contributed by atoms with Crippen molar-refractivity contribution >= 4 is 0 Å². The summed E-state index contributed by atoms with van der Waals surface area (Å²) in [7, 11) is 0. The molecule has 2 heteroatoms. The second-order valence-electron chi connectivity index (χ2n) is 2.01. The van der Waals surface area contributed by atoms with Gasteiger partial charge in [-0.25, -0.2) is 0 Å². The van der Waals surface area contributed by atoms with E-state index < -0.39 is 0 Å². The van der Waals surface area contributed by atoms with Crippen LogP contribution in [0, 0.1) is 5.92 Å². The molecule has 2 nitrogen and oxygen atoms in total. The van der Waals surface area contributed by atoms with Gasteiger partial charge in [0.15, 0.2) is 0 Å². The molecule has 0 aromatic heterocycles. The van der Waals surface area contributed by atoms with Gasteiger partial charge in [0.05, 0.1) is 0 Å². The lowest BCUT2D eigenvalue weighted by Crippen LogP contribution is -2.12. The molecule has 1 saturated carbocycles. The maximum Gasteiger partial charge on any atom is 0.0237 e. The van der Waals surface area contributed by atoms with Gasteiger partial charge in [0, 0.05) is 12.1 Å². The van der Waals surface area contributed by atoms with Crippen molar-refractivity contribution in [2.45, 2.75) is 19.0 Å². The molecule has 0 saturated heterocycles. The van der Waals surface area contributed by atoms with E-state index in [0.717, 1.165) is 0 Å². The van der Waals surface area contributed by atoms with Crippen LogP contribution in [0.25, 0.3) is 0 Å². The number of nitrogens with two attached hydrogens (primary N) is 2. The molecule has 1 aliphatic carbocycles. The van der Waals surface area contributed by atoms with E-state index in [-0.39, 0.29) is 0 Å². The van der Waals surface area contributed by atoms with Crippen molar-refractivity contribution in [2.75, 3.05) is 0 Å². The molecule has 0 bridgehead atoms. The van der Waals surface area contributed by atoms with Crippen LogP contribution in [-0.4, -0.2) is 12.1 Å². The molecule has 0 spiro atoms. The van der Waals surface area contributed by atoms with Crippen molar-refractivity contribution in [3.05, 3.63) is 0 Å². The Morgan fingerprint density at radius 1 is 1.17 bits per heavy atom. The molecule has 1 aliphatic rings. The topological polar surface area (TPSA) is 52.0 Å². The van der Waals surface area contributed by atoms with Crippen LogP contribution >= 0.6 is 0 Å². The first-order chi connectivity index (χ1) is 2.73. The zero-order valence-electron chi connectivity index (χ0n) is 3.89. The molecule has 36 valence electrons. The van der Waals surface area contributed by atoms with Crippen LogP contribution in [0.5, 0.6) is 0 Å². The second-order valence-corrected chi connectivity index (χ2v) is 2.01. The average molecular weight is 86.1 g/mol. The molecular weight excluding hydrogens is 76.1 g/mol. The highest BCUT2D eigenvalue weighted by Gasteiger charge is 2.39. The molecule has 2 unspecified atom stereocenters. The zero-order chi connectivity index (χ0) is 4.73. The Morgan fingerprint density at radius 2 is 1.33 bits per heavy atom. The normalized spacial score (nSPS) is 55.5. The predicted octanol–water partition coefficient (Wildman–Crippen LogP) is -0.709. The van der Waals surface area contributed by atoms with Crippen LogP contribution in [0.4, 0.5) is 0 Å². The van der Waals surface area contributed by atoms with Gasteiger partial charge in [0.2, 0.25) is 0 Å². The summed E-state index contributed by atoms with van der Waals surface area (Å²) in [6.07, 6.45) is 0. The van der Waals surface area contributed by atoms with Gasteiger partial charge in [-0.05, 0) is 5.92 Å². The third-order valence-corrected chi connectivity index (χ3v) is 1.52. The summed E-state index contributed by atoms with van der Waals surface area (Å²) in [5, 5.41) is 0. The van der Waals surface area contributed by atoms with Gasteiger partial charge in [0.25, 0.3) is 0 Å². The van der Waals surface area contributed by atoms with Crippen LogP contribution in [0.2, 0.25) is 0 Å². The van der Waals surface area contributed by atoms with Gasteiger partial charge in [-0.2, -0.15) is 0 Å². The number of hydrogen-bond acceptors (Lipinski definition) is 2. The molecule has 0 aliphatic heterocycles. The molecule has 2 atom stereocenters. The number of rotatable bonds is 0. The Hall–Kier alpha value is -0.0800. The third-order valence-electron chi connectivity index (χ3n) is 1.52. The Balaban J connectivity index is 2.31. The van der Waals surface area contributed by atoms with Gasteiger partial charge in [0.1, 0.15) is 0 Å². The van der Waals surface area contributed by atoms with Gasteiger partial charge >= 0.3 is 0 Å². The first-order valence-corrected chi connectivity index (χ1v) is 2.24. The quantitative estimate of drug-likeness (QED) is 0.409. The minimum absolute atomic E-state index is 0.296. The maximum atomic E-state index is 5.38. The minimum atomic E-state index is 0.296.